The summed E-state index contributed by atoms with van der Waals surface area (Å²) >= 11 is 1.46. The second kappa shape index (κ2) is 5.54. The molecule has 0 aliphatic carbocycles. The SMILES string of the molecule is Cc1nc(SC(CN)c2ccc(F)cc2)oc1C. The number of aryl methyl sites for hydroxylation is 2. The summed E-state index contributed by atoms with van der Waals surface area (Å²) in [5.74, 6) is 0.565. The molecule has 2 N–H and O–H groups in total. The molecule has 2 aromatic rings. The number of hydrogen-bond donors (Lipinski definition) is 1. The Hall–Kier alpha value is -1.33. The maximum absolute atomic E-state index is 12.9. The van der Waals surface area contributed by atoms with Crippen LogP contribution < -0.4 is 5.73 Å². The van der Waals surface area contributed by atoms with E-state index in [1.165, 1.54) is 23.9 Å². The topological polar surface area (TPSA) is 52.0 Å². The van der Waals surface area contributed by atoms with Crippen molar-refractivity contribution in [2.75, 3.05) is 6.54 Å². The normalized spacial score (nSPS) is 12.7. The quantitative estimate of drug-likeness (QED) is 0.863. The van der Waals surface area contributed by atoms with Gasteiger partial charge in [0, 0.05) is 6.54 Å². The van der Waals surface area contributed by atoms with Crippen molar-refractivity contribution in [1.82, 2.24) is 4.98 Å². The third-order valence-corrected chi connectivity index (χ3v) is 3.83. The lowest BCUT2D eigenvalue weighted by Gasteiger charge is -2.12. The third-order valence-electron chi connectivity index (χ3n) is 2.71. The molecule has 1 aromatic heterocycles. The van der Waals surface area contributed by atoms with Gasteiger partial charge in [0.2, 0.25) is 0 Å². The number of halogens is 1. The Kier molecular flexibility index (Phi) is 4.04. The van der Waals surface area contributed by atoms with Crippen molar-refractivity contribution in [1.29, 1.82) is 0 Å². The average molecular weight is 266 g/mol. The number of aromatic nitrogens is 1. The highest BCUT2D eigenvalue weighted by Gasteiger charge is 2.16. The highest BCUT2D eigenvalue weighted by atomic mass is 32.2. The van der Waals surface area contributed by atoms with Crippen LogP contribution in [0.4, 0.5) is 4.39 Å². The Morgan fingerprint density at radius 3 is 2.50 bits per heavy atom. The first-order valence-electron chi connectivity index (χ1n) is 5.66. The predicted octanol–water partition coefficient (Wildman–Crippen LogP) is 3.22. The van der Waals surface area contributed by atoms with Gasteiger partial charge in [-0.2, -0.15) is 0 Å². The number of oxazole rings is 1. The van der Waals surface area contributed by atoms with E-state index in [0.29, 0.717) is 11.8 Å². The fourth-order valence-corrected chi connectivity index (χ4v) is 2.54. The van der Waals surface area contributed by atoms with Crippen LogP contribution in [-0.2, 0) is 0 Å². The standard InChI is InChI=1S/C13H15FN2OS/c1-8-9(2)17-13(16-8)18-12(7-15)10-3-5-11(14)6-4-10/h3-6,12H,7,15H2,1-2H3. The number of thioether (sulfide) groups is 1. The molecule has 3 nitrogen and oxygen atoms in total. The van der Waals surface area contributed by atoms with Crippen LogP contribution in [0.5, 0.6) is 0 Å². The molecule has 0 spiro atoms. The molecule has 2 rings (SSSR count). The zero-order valence-electron chi connectivity index (χ0n) is 10.3. The molecule has 96 valence electrons. The molecule has 0 aliphatic heterocycles. The Morgan fingerprint density at radius 1 is 1.33 bits per heavy atom. The summed E-state index contributed by atoms with van der Waals surface area (Å²) in [5.41, 5.74) is 7.60. The molecular weight excluding hydrogens is 251 g/mol. The lowest BCUT2D eigenvalue weighted by atomic mass is 10.1. The van der Waals surface area contributed by atoms with Crippen LogP contribution in [0.2, 0.25) is 0 Å². The minimum absolute atomic E-state index is 0.0167. The monoisotopic (exact) mass is 266 g/mol. The Labute approximate surface area is 110 Å². The van der Waals surface area contributed by atoms with Gasteiger partial charge in [-0.05, 0) is 31.5 Å². The summed E-state index contributed by atoms with van der Waals surface area (Å²) in [7, 11) is 0. The highest BCUT2D eigenvalue weighted by Crippen LogP contribution is 2.34. The molecule has 1 aromatic carbocycles. The van der Waals surface area contributed by atoms with Crippen LogP contribution in [-0.4, -0.2) is 11.5 Å². The number of rotatable bonds is 4. The van der Waals surface area contributed by atoms with E-state index in [2.05, 4.69) is 4.98 Å². The molecule has 0 saturated carbocycles. The zero-order chi connectivity index (χ0) is 13.1. The van der Waals surface area contributed by atoms with Crippen molar-refractivity contribution < 1.29 is 8.81 Å². The maximum Gasteiger partial charge on any atom is 0.256 e. The Balaban J connectivity index is 2.16. The molecule has 0 bridgehead atoms. The zero-order valence-corrected chi connectivity index (χ0v) is 11.1. The number of hydrogen-bond acceptors (Lipinski definition) is 4. The number of nitrogens with two attached hydrogens (primary N) is 1. The predicted molar refractivity (Wildman–Crippen MR) is 70.0 cm³/mol. The van der Waals surface area contributed by atoms with Gasteiger partial charge in [0.1, 0.15) is 11.6 Å². The second-order valence-corrected chi connectivity index (χ2v) is 5.17. The van der Waals surface area contributed by atoms with E-state index in [1.54, 1.807) is 12.1 Å². The molecule has 0 saturated heterocycles. The van der Waals surface area contributed by atoms with Crippen molar-refractivity contribution >= 4 is 11.8 Å². The van der Waals surface area contributed by atoms with Gasteiger partial charge in [0.15, 0.2) is 0 Å². The summed E-state index contributed by atoms with van der Waals surface area (Å²) in [5, 5.41) is 0.618. The minimum Gasteiger partial charge on any atom is -0.437 e. The Morgan fingerprint density at radius 2 is 2.00 bits per heavy atom. The fourth-order valence-electron chi connectivity index (χ4n) is 1.55. The lowest BCUT2D eigenvalue weighted by Crippen LogP contribution is -2.09. The van der Waals surface area contributed by atoms with Crippen molar-refractivity contribution in [2.45, 2.75) is 24.3 Å². The smallest absolute Gasteiger partial charge is 0.256 e. The van der Waals surface area contributed by atoms with Gasteiger partial charge in [-0.25, -0.2) is 9.37 Å². The largest absolute Gasteiger partial charge is 0.437 e. The molecule has 5 heteroatoms. The minimum atomic E-state index is -0.248. The summed E-state index contributed by atoms with van der Waals surface area (Å²) < 4.78 is 18.4. The van der Waals surface area contributed by atoms with Crippen molar-refractivity contribution in [3.05, 3.63) is 47.1 Å². The van der Waals surface area contributed by atoms with Gasteiger partial charge in [0.25, 0.3) is 5.22 Å². The van der Waals surface area contributed by atoms with Gasteiger partial charge < -0.3 is 10.2 Å². The molecule has 1 unspecified atom stereocenters. The third kappa shape index (κ3) is 2.91. The van der Waals surface area contributed by atoms with Gasteiger partial charge >= 0.3 is 0 Å². The Bertz CT molecular complexity index is 505. The van der Waals surface area contributed by atoms with Gasteiger partial charge in [0.05, 0.1) is 10.9 Å². The summed E-state index contributed by atoms with van der Waals surface area (Å²) in [6.07, 6.45) is 0. The van der Waals surface area contributed by atoms with Crippen molar-refractivity contribution in [3.63, 3.8) is 0 Å². The van der Waals surface area contributed by atoms with Gasteiger partial charge in [-0.15, -0.1) is 0 Å². The molecule has 1 heterocycles. The van der Waals surface area contributed by atoms with Crippen molar-refractivity contribution in [3.8, 4) is 0 Å². The van der Waals surface area contributed by atoms with E-state index < -0.39 is 0 Å². The molecule has 0 aliphatic rings. The molecular formula is C13H15FN2OS. The molecule has 0 fully saturated rings. The first kappa shape index (κ1) is 13.1. The fraction of sp³-hybridized carbons (Fsp3) is 0.308. The van der Waals surface area contributed by atoms with Crippen LogP contribution in [0, 0.1) is 19.7 Å². The van der Waals surface area contributed by atoms with E-state index in [1.807, 2.05) is 13.8 Å². The maximum atomic E-state index is 12.9. The number of nitrogens with zero attached hydrogens (tertiary/aromatic N) is 1. The van der Waals surface area contributed by atoms with Crippen molar-refractivity contribution in [2.24, 2.45) is 5.73 Å². The van der Waals surface area contributed by atoms with E-state index in [-0.39, 0.29) is 11.1 Å². The second-order valence-electron chi connectivity index (χ2n) is 4.02. The van der Waals surface area contributed by atoms with E-state index in [4.69, 9.17) is 10.2 Å². The molecule has 0 amide bonds. The van der Waals surface area contributed by atoms with E-state index in [0.717, 1.165) is 17.0 Å². The number of benzene rings is 1. The first-order valence-corrected chi connectivity index (χ1v) is 6.54. The summed E-state index contributed by atoms with van der Waals surface area (Å²) in [4.78, 5) is 4.31. The van der Waals surface area contributed by atoms with Crippen LogP contribution in [0.1, 0.15) is 22.3 Å². The van der Waals surface area contributed by atoms with E-state index >= 15 is 0 Å². The highest BCUT2D eigenvalue weighted by molar-refractivity contribution is 7.99. The lowest BCUT2D eigenvalue weighted by molar-refractivity contribution is 0.430. The average Bonchev–Trinajstić information content (AvgIpc) is 2.67. The summed E-state index contributed by atoms with van der Waals surface area (Å²) in [6.45, 7) is 4.22. The van der Waals surface area contributed by atoms with Gasteiger partial charge in [-0.3, -0.25) is 0 Å². The van der Waals surface area contributed by atoms with E-state index in [9.17, 15) is 4.39 Å². The first-order chi connectivity index (χ1) is 8.60. The van der Waals surface area contributed by atoms with Crippen LogP contribution in [0.3, 0.4) is 0 Å². The van der Waals surface area contributed by atoms with Crippen LogP contribution >= 0.6 is 11.8 Å². The molecule has 18 heavy (non-hydrogen) atoms. The summed E-state index contributed by atoms with van der Waals surface area (Å²) in [6, 6.07) is 6.35. The van der Waals surface area contributed by atoms with Crippen LogP contribution in [0.15, 0.2) is 33.9 Å². The van der Waals surface area contributed by atoms with Crippen LogP contribution in [0.25, 0.3) is 0 Å². The van der Waals surface area contributed by atoms with Gasteiger partial charge in [-0.1, -0.05) is 23.9 Å². The molecule has 1 atom stereocenters. The molecule has 0 radical (unpaired) electrons.